The summed E-state index contributed by atoms with van der Waals surface area (Å²) in [5, 5.41) is 8.93. The Kier molecular flexibility index (Phi) is 5.74. The average molecular weight is 355 g/mol. The first-order valence-electron chi connectivity index (χ1n) is 9.68. The number of rotatable bonds is 4. The fourth-order valence-corrected chi connectivity index (χ4v) is 3.85. The predicted octanol–water partition coefficient (Wildman–Crippen LogP) is 3.26. The van der Waals surface area contributed by atoms with E-state index in [1.54, 1.807) is 0 Å². The maximum absolute atomic E-state index is 12.5. The third-order valence-corrected chi connectivity index (χ3v) is 5.84. The van der Waals surface area contributed by atoms with Crippen molar-refractivity contribution in [1.82, 2.24) is 10.3 Å². The molecule has 5 heteroatoms. The first kappa shape index (κ1) is 18.6. The molecule has 0 spiro atoms. The van der Waals surface area contributed by atoms with Crippen LogP contribution in [0.15, 0.2) is 29.4 Å². The predicted molar refractivity (Wildman–Crippen MR) is 103 cm³/mol. The number of hydrazone groups is 1. The molecule has 1 heterocycles. The number of hydrogen-bond donors (Lipinski definition) is 1. The second-order valence-corrected chi connectivity index (χ2v) is 7.81. The molecule has 0 radical (unpaired) electrons. The molecule has 2 aliphatic rings. The molecule has 1 fully saturated rings. The largest absolute Gasteiger partial charge is 0.351 e. The minimum Gasteiger partial charge on any atom is -0.351 e. The molecule has 1 aliphatic heterocycles. The number of benzene rings is 1. The number of nitrogens with one attached hydrogen (secondary N) is 1. The van der Waals surface area contributed by atoms with E-state index in [1.165, 1.54) is 17.0 Å². The molecule has 3 atom stereocenters. The average Bonchev–Trinajstić information content (AvgIpc) is 2.62. The molecule has 0 unspecified atom stereocenters. The van der Waals surface area contributed by atoms with Gasteiger partial charge in [0, 0.05) is 18.9 Å². The Morgan fingerprint density at radius 2 is 1.92 bits per heavy atom. The molecule has 0 bridgehead atoms. The van der Waals surface area contributed by atoms with E-state index in [4.69, 9.17) is 0 Å². The summed E-state index contributed by atoms with van der Waals surface area (Å²) in [6.07, 6.45) is 4.41. The van der Waals surface area contributed by atoms with Gasteiger partial charge >= 0.3 is 0 Å². The van der Waals surface area contributed by atoms with Crippen LogP contribution in [-0.4, -0.2) is 35.1 Å². The molecular formula is C21H29N3O2. The highest BCUT2D eigenvalue weighted by Gasteiger charge is 2.29. The van der Waals surface area contributed by atoms with Crippen LogP contribution in [0.4, 0.5) is 0 Å². The van der Waals surface area contributed by atoms with Crippen molar-refractivity contribution in [2.45, 2.75) is 58.9 Å². The van der Waals surface area contributed by atoms with Gasteiger partial charge in [-0.2, -0.15) is 5.10 Å². The molecule has 26 heavy (non-hydrogen) atoms. The molecule has 3 rings (SSSR count). The summed E-state index contributed by atoms with van der Waals surface area (Å²) in [6.45, 7) is 6.50. The standard InChI is InChI=1S/C21H29N3O2/c1-14-7-9-17(10-8-14)19-11-12-21(26)24(23-19)13-20(25)22-18-6-4-5-15(2)16(18)3/h7-10,15-16,18H,4-6,11-13H2,1-3H3,(H,22,25)/t15-,16-,18+/m0/s1. The zero-order valence-electron chi connectivity index (χ0n) is 16.0. The van der Waals surface area contributed by atoms with Crippen molar-refractivity contribution in [2.24, 2.45) is 16.9 Å². The van der Waals surface area contributed by atoms with Crippen LogP contribution in [0.5, 0.6) is 0 Å². The van der Waals surface area contributed by atoms with Gasteiger partial charge in [-0.1, -0.05) is 56.5 Å². The molecule has 140 valence electrons. The number of carbonyl (C=O) groups excluding carboxylic acids is 2. The lowest BCUT2D eigenvalue weighted by Gasteiger charge is -2.35. The van der Waals surface area contributed by atoms with E-state index in [9.17, 15) is 9.59 Å². The van der Waals surface area contributed by atoms with Gasteiger partial charge in [0.15, 0.2) is 0 Å². The fourth-order valence-electron chi connectivity index (χ4n) is 3.85. The number of carbonyl (C=O) groups is 2. The van der Waals surface area contributed by atoms with E-state index in [2.05, 4.69) is 24.3 Å². The maximum Gasteiger partial charge on any atom is 0.243 e. The lowest BCUT2D eigenvalue weighted by atomic mass is 9.78. The van der Waals surface area contributed by atoms with Gasteiger partial charge in [0.2, 0.25) is 11.8 Å². The summed E-state index contributed by atoms with van der Waals surface area (Å²) in [7, 11) is 0. The van der Waals surface area contributed by atoms with E-state index in [-0.39, 0.29) is 24.4 Å². The van der Waals surface area contributed by atoms with Crippen LogP contribution in [0.3, 0.4) is 0 Å². The second kappa shape index (κ2) is 8.02. The third-order valence-electron chi connectivity index (χ3n) is 5.84. The molecule has 1 saturated carbocycles. The van der Waals surface area contributed by atoms with Gasteiger partial charge in [0.25, 0.3) is 0 Å². The van der Waals surface area contributed by atoms with Gasteiger partial charge in [-0.05, 0) is 30.7 Å². The highest BCUT2D eigenvalue weighted by molar-refractivity contribution is 6.04. The molecule has 0 aromatic heterocycles. The zero-order valence-corrected chi connectivity index (χ0v) is 16.0. The summed E-state index contributed by atoms with van der Waals surface area (Å²) >= 11 is 0. The number of amides is 2. The number of nitrogens with zero attached hydrogens (tertiary/aromatic N) is 2. The van der Waals surface area contributed by atoms with E-state index >= 15 is 0 Å². The summed E-state index contributed by atoms with van der Waals surface area (Å²) in [6, 6.07) is 8.32. The van der Waals surface area contributed by atoms with Crippen LogP contribution in [0, 0.1) is 18.8 Å². The monoisotopic (exact) mass is 355 g/mol. The number of aryl methyl sites for hydroxylation is 1. The molecule has 1 aromatic rings. The molecule has 1 N–H and O–H groups in total. The van der Waals surface area contributed by atoms with Gasteiger partial charge in [-0.25, -0.2) is 5.01 Å². The van der Waals surface area contributed by atoms with Crippen LogP contribution in [0.25, 0.3) is 0 Å². The van der Waals surface area contributed by atoms with Crippen molar-refractivity contribution in [3.8, 4) is 0 Å². The second-order valence-electron chi connectivity index (χ2n) is 7.81. The fraction of sp³-hybridized carbons (Fsp3) is 0.571. The topological polar surface area (TPSA) is 61.8 Å². The van der Waals surface area contributed by atoms with Crippen LogP contribution < -0.4 is 5.32 Å². The minimum atomic E-state index is -0.113. The first-order chi connectivity index (χ1) is 12.4. The van der Waals surface area contributed by atoms with E-state index in [0.29, 0.717) is 24.7 Å². The molecular weight excluding hydrogens is 326 g/mol. The van der Waals surface area contributed by atoms with Crippen LogP contribution >= 0.6 is 0 Å². The summed E-state index contributed by atoms with van der Waals surface area (Å²) in [5.41, 5.74) is 3.08. The van der Waals surface area contributed by atoms with Crippen molar-refractivity contribution in [2.75, 3.05) is 6.54 Å². The van der Waals surface area contributed by atoms with Gasteiger partial charge in [-0.15, -0.1) is 0 Å². The quantitative estimate of drug-likeness (QED) is 0.901. The summed E-state index contributed by atoms with van der Waals surface area (Å²) < 4.78 is 0. The molecule has 1 aliphatic carbocycles. The number of hydrogen-bond acceptors (Lipinski definition) is 3. The van der Waals surface area contributed by atoms with Gasteiger partial charge in [-0.3, -0.25) is 9.59 Å². The Morgan fingerprint density at radius 1 is 1.19 bits per heavy atom. The Labute approximate surface area is 155 Å². The van der Waals surface area contributed by atoms with Crippen molar-refractivity contribution >= 4 is 17.5 Å². The Hall–Kier alpha value is -2.17. The van der Waals surface area contributed by atoms with Crippen molar-refractivity contribution < 1.29 is 9.59 Å². The highest BCUT2D eigenvalue weighted by atomic mass is 16.2. The zero-order chi connectivity index (χ0) is 18.7. The van der Waals surface area contributed by atoms with Crippen molar-refractivity contribution in [3.05, 3.63) is 35.4 Å². The van der Waals surface area contributed by atoms with Gasteiger partial charge in [0.1, 0.15) is 6.54 Å². The van der Waals surface area contributed by atoms with Crippen LogP contribution in [0.2, 0.25) is 0 Å². The first-order valence-corrected chi connectivity index (χ1v) is 9.68. The Morgan fingerprint density at radius 3 is 2.65 bits per heavy atom. The van der Waals surface area contributed by atoms with E-state index in [0.717, 1.165) is 24.1 Å². The van der Waals surface area contributed by atoms with Crippen molar-refractivity contribution in [1.29, 1.82) is 0 Å². The van der Waals surface area contributed by atoms with Crippen molar-refractivity contribution in [3.63, 3.8) is 0 Å². The van der Waals surface area contributed by atoms with E-state index in [1.807, 2.05) is 31.2 Å². The Bertz CT molecular complexity index is 696. The normalized spacial score (nSPS) is 26.4. The Balaban J connectivity index is 1.65. The molecule has 0 saturated heterocycles. The lowest BCUT2D eigenvalue weighted by Crippen LogP contribution is -2.48. The lowest BCUT2D eigenvalue weighted by molar-refractivity contribution is -0.137. The smallest absolute Gasteiger partial charge is 0.243 e. The molecule has 2 amide bonds. The minimum absolute atomic E-state index is 0.00575. The molecule has 5 nitrogen and oxygen atoms in total. The van der Waals surface area contributed by atoms with Gasteiger partial charge < -0.3 is 5.32 Å². The summed E-state index contributed by atoms with van der Waals surface area (Å²) in [4.78, 5) is 24.7. The highest BCUT2D eigenvalue weighted by Crippen LogP contribution is 2.29. The third kappa shape index (κ3) is 4.32. The SMILES string of the molecule is Cc1ccc(C2=NN(CC(=O)N[C@@H]3CCC[C@H](C)[C@@H]3C)C(=O)CC2)cc1. The summed E-state index contributed by atoms with van der Waals surface area (Å²) in [5.74, 6) is 0.896. The van der Waals surface area contributed by atoms with Crippen LogP contribution in [-0.2, 0) is 9.59 Å². The van der Waals surface area contributed by atoms with Crippen LogP contribution in [0.1, 0.15) is 57.1 Å². The maximum atomic E-state index is 12.5. The molecule has 1 aromatic carbocycles. The van der Waals surface area contributed by atoms with E-state index < -0.39 is 0 Å². The van der Waals surface area contributed by atoms with Gasteiger partial charge in [0.05, 0.1) is 5.71 Å².